The molecule has 0 radical (unpaired) electrons. The van der Waals surface area contributed by atoms with E-state index in [1.54, 1.807) is 0 Å². The highest BCUT2D eigenvalue weighted by molar-refractivity contribution is 5.72. The number of rotatable bonds is 40. The Hall–Kier alpha value is -3.23. The zero-order chi connectivity index (χ0) is 42.8. The average molecular weight is 813 g/mol. The normalized spacial score (nSPS) is 13.6. The lowest BCUT2D eigenvalue weighted by Crippen LogP contribution is -2.50. The second kappa shape index (κ2) is 40.5. The zero-order valence-corrected chi connectivity index (χ0v) is 37.7. The lowest BCUT2D eigenvalue weighted by Gasteiger charge is -2.31. The van der Waals surface area contributed by atoms with Crippen LogP contribution < -0.4 is 0 Å². The van der Waals surface area contributed by atoms with Gasteiger partial charge in [0.1, 0.15) is 6.61 Å². The predicted molar refractivity (Wildman–Crippen MR) is 243 cm³/mol. The van der Waals surface area contributed by atoms with E-state index in [0.717, 1.165) is 64.2 Å². The second-order valence-corrected chi connectivity index (χ2v) is 16.4. The standard InChI is InChI=1S/C50H85NO7/c1-6-8-10-12-14-16-18-20-22-23-24-25-27-28-30-32-34-36-38-40-48(52)57-45-46(44-56-43-42-47(50(54)55)51(3,4)5)58-49(53)41-39-37-35-33-31-29-26-21-19-17-15-13-11-9-7-2/h9,11,13-21,26,46-47H,6-8,10,12,22-25,27-45H2,1-5H3/p+1/b11-9+,15-13+,16-14+,19-17+,20-18+,26-21+. The monoisotopic (exact) mass is 813 g/mol. The fourth-order valence-electron chi connectivity index (χ4n) is 6.39. The largest absolute Gasteiger partial charge is 0.477 e. The van der Waals surface area contributed by atoms with Crippen molar-refractivity contribution in [1.82, 2.24) is 0 Å². The summed E-state index contributed by atoms with van der Waals surface area (Å²) in [6.07, 6.45) is 50.8. The van der Waals surface area contributed by atoms with E-state index in [9.17, 15) is 19.5 Å². The maximum atomic E-state index is 12.7. The van der Waals surface area contributed by atoms with Gasteiger partial charge in [0.15, 0.2) is 12.1 Å². The van der Waals surface area contributed by atoms with Crippen LogP contribution in [0, 0.1) is 0 Å². The summed E-state index contributed by atoms with van der Waals surface area (Å²) in [4.78, 5) is 37.0. The number of unbranched alkanes of at least 4 members (excludes halogenated alkanes) is 18. The van der Waals surface area contributed by atoms with Crippen molar-refractivity contribution < 1.29 is 38.2 Å². The van der Waals surface area contributed by atoms with E-state index < -0.39 is 18.1 Å². The van der Waals surface area contributed by atoms with Gasteiger partial charge in [-0.2, -0.15) is 0 Å². The molecule has 2 unspecified atom stereocenters. The average Bonchev–Trinajstić information content (AvgIpc) is 3.18. The van der Waals surface area contributed by atoms with Crippen molar-refractivity contribution in [1.29, 1.82) is 0 Å². The Balaban J connectivity index is 4.34. The number of esters is 2. The first-order valence-electron chi connectivity index (χ1n) is 23.0. The summed E-state index contributed by atoms with van der Waals surface area (Å²) in [7, 11) is 5.51. The predicted octanol–water partition coefficient (Wildman–Crippen LogP) is 12.7. The van der Waals surface area contributed by atoms with Crippen molar-refractivity contribution in [3.8, 4) is 0 Å². The summed E-state index contributed by atoms with van der Waals surface area (Å²) >= 11 is 0. The van der Waals surface area contributed by atoms with E-state index in [2.05, 4.69) is 62.5 Å². The fraction of sp³-hybridized carbons (Fsp3) is 0.700. The van der Waals surface area contributed by atoms with Crippen LogP contribution in [0.25, 0.3) is 0 Å². The summed E-state index contributed by atoms with van der Waals surface area (Å²) < 4.78 is 17.3. The van der Waals surface area contributed by atoms with Crippen molar-refractivity contribution in [3.63, 3.8) is 0 Å². The van der Waals surface area contributed by atoms with Crippen LogP contribution in [0.1, 0.15) is 174 Å². The molecule has 0 saturated carbocycles. The molecule has 8 heteroatoms. The first-order valence-corrected chi connectivity index (χ1v) is 23.0. The van der Waals surface area contributed by atoms with Crippen LogP contribution in [0.3, 0.4) is 0 Å². The molecule has 0 amide bonds. The molecule has 2 atom stereocenters. The van der Waals surface area contributed by atoms with E-state index in [0.29, 0.717) is 19.3 Å². The summed E-state index contributed by atoms with van der Waals surface area (Å²) in [6.45, 7) is 4.53. The Bertz CT molecular complexity index is 1180. The molecule has 0 aliphatic heterocycles. The molecule has 0 saturated heterocycles. The molecule has 0 heterocycles. The topological polar surface area (TPSA) is 99.1 Å². The Kier molecular flexibility index (Phi) is 38.3. The number of carbonyl (C=O) groups excluding carboxylic acids is 2. The number of carboxylic acid groups (broad SMARTS) is 1. The molecule has 0 spiro atoms. The van der Waals surface area contributed by atoms with Gasteiger partial charge >= 0.3 is 17.9 Å². The van der Waals surface area contributed by atoms with Crippen LogP contribution in [0.2, 0.25) is 0 Å². The Morgan fingerprint density at radius 2 is 0.966 bits per heavy atom. The number of allylic oxidation sites excluding steroid dienone is 12. The molecule has 8 nitrogen and oxygen atoms in total. The van der Waals surface area contributed by atoms with Gasteiger partial charge in [0.05, 0.1) is 34.4 Å². The summed E-state index contributed by atoms with van der Waals surface area (Å²) in [5.74, 6) is -1.51. The molecule has 58 heavy (non-hydrogen) atoms. The lowest BCUT2D eigenvalue weighted by atomic mass is 10.1. The number of likely N-dealkylation sites (N-methyl/N-ethyl adjacent to an activating group) is 1. The van der Waals surface area contributed by atoms with Gasteiger partial charge in [0.25, 0.3) is 0 Å². The van der Waals surface area contributed by atoms with E-state index in [4.69, 9.17) is 14.2 Å². The number of ether oxygens (including phenoxy) is 3. The van der Waals surface area contributed by atoms with Crippen LogP contribution in [-0.2, 0) is 28.6 Å². The Labute approximate surface area is 355 Å². The molecular weight excluding hydrogens is 727 g/mol. The van der Waals surface area contributed by atoms with Gasteiger partial charge in [-0.25, -0.2) is 4.79 Å². The second-order valence-electron chi connectivity index (χ2n) is 16.4. The maximum Gasteiger partial charge on any atom is 0.362 e. The number of carboxylic acids is 1. The molecule has 332 valence electrons. The number of quaternary nitrogens is 1. The molecule has 0 fully saturated rings. The molecule has 0 rings (SSSR count). The Morgan fingerprint density at radius 1 is 0.534 bits per heavy atom. The number of hydrogen-bond acceptors (Lipinski definition) is 6. The van der Waals surface area contributed by atoms with E-state index in [1.807, 2.05) is 45.4 Å². The first-order chi connectivity index (χ1) is 28.1. The van der Waals surface area contributed by atoms with Gasteiger partial charge in [-0.1, -0.05) is 170 Å². The van der Waals surface area contributed by atoms with Crippen LogP contribution in [0.4, 0.5) is 0 Å². The lowest BCUT2D eigenvalue weighted by molar-refractivity contribution is -0.887. The van der Waals surface area contributed by atoms with Crippen molar-refractivity contribution in [2.75, 3.05) is 41.0 Å². The van der Waals surface area contributed by atoms with Crippen molar-refractivity contribution in [2.45, 2.75) is 187 Å². The summed E-state index contributed by atoms with van der Waals surface area (Å²) in [5, 5.41) is 9.63. The number of nitrogens with zero attached hydrogens (tertiary/aromatic N) is 1. The third-order valence-corrected chi connectivity index (χ3v) is 9.96. The molecule has 0 aromatic rings. The van der Waals surface area contributed by atoms with Crippen LogP contribution in [0.5, 0.6) is 0 Å². The minimum atomic E-state index is -0.882. The highest BCUT2D eigenvalue weighted by Crippen LogP contribution is 2.14. The quantitative estimate of drug-likeness (QED) is 0.0285. The molecule has 0 aliphatic carbocycles. The maximum absolute atomic E-state index is 12.7. The van der Waals surface area contributed by atoms with Crippen molar-refractivity contribution in [2.24, 2.45) is 0 Å². The molecule has 0 aromatic heterocycles. The van der Waals surface area contributed by atoms with E-state index in [-0.39, 0.29) is 36.2 Å². The van der Waals surface area contributed by atoms with Gasteiger partial charge in [-0.15, -0.1) is 0 Å². The number of hydrogen-bond donors (Lipinski definition) is 1. The molecule has 0 bridgehead atoms. The van der Waals surface area contributed by atoms with Gasteiger partial charge in [0.2, 0.25) is 0 Å². The zero-order valence-electron chi connectivity index (χ0n) is 37.7. The highest BCUT2D eigenvalue weighted by Gasteiger charge is 2.31. The summed E-state index contributed by atoms with van der Waals surface area (Å²) in [5.41, 5.74) is 0. The van der Waals surface area contributed by atoms with Gasteiger partial charge in [0, 0.05) is 19.3 Å². The van der Waals surface area contributed by atoms with Crippen LogP contribution in [0.15, 0.2) is 72.9 Å². The van der Waals surface area contributed by atoms with E-state index >= 15 is 0 Å². The SMILES string of the molecule is CC/C=C/C=C/C=C/C=C/CCCCCCCC(=O)OC(COCCC(C(=O)O)[N+](C)(C)C)COC(=O)CCCCCCCCCCCC/C=C/C=C/CCCCC. The minimum Gasteiger partial charge on any atom is -0.477 e. The summed E-state index contributed by atoms with van der Waals surface area (Å²) in [6, 6.07) is -0.623. The first kappa shape index (κ1) is 54.8. The Morgan fingerprint density at radius 3 is 1.45 bits per heavy atom. The van der Waals surface area contributed by atoms with Gasteiger partial charge < -0.3 is 23.8 Å². The van der Waals surface area contributed by atoms with Crippen LogP contribution in [-0.4, -0.2) is 80.6 Å². The highest BCUT2D eigenvalue weighted by atomic mass is 16.6. The minimum absolute atomic E-state index is 0.0469. The molecule has 0 aliphatic rings. The number of aliphatic carboxylic acids is 1. The smallest absolute Gasteiger partial charge is 0.362 e. The molecule has 1 N–H and O–H groups in total. The number of carbonyl (C=O) groups is 3. The third-order valence-electron chi connectivity index (χ3n) is 9.96. The van der Waals surface area contributed by atoms with Gasteiger partial charge in [-0.05, 0) is 57.8 Å². The fourth-order valence-corrected chi connectivity index (χ4v) is 6.39. The molecular formula is C50H86NO7+. The van der Waals surface area contributed by atoms with Crippen LogP contribution >= 0.6 is 0 Å². The van der Waals surface area contributed by atoms with E-state index in [1.165, 1.54) is 77.0 Å². The van der Waals surface area contributed by atoms with Crippen molar-refractivity contribution in [3.05, 3.63) is 72.9 Å². The third kappa shape index (κ3) is 38.3. The van der Waals surface area contributed by atoms with Gasteiger partial charge in [-0.3, -0.25) is 9.59 Å². The van der Waals surface area contributed by atoms with Crippen molar-refractivity contribution >= 4 is 17.9 Å². The molecule has 0 aromatic carbocycles.